The van der Waals surface area contributed by atoms with Crippen molar-refractivity contribution in [1.29, 1.82) is 0 Å². The quantitative estimate of drug-likeness (QED) is 0.832. The normalized spacial score (nSPS) is 9.93. The topological polar surface area (TPSA) is 26.3 Å². The fourth-order valence-corrected chi connectivity index (χ4v) is 1.19. The van der Waals surface area contributed by atoms with Crippen molar-refractivity contribution >= 4 is 21.7 Å². The third-order valence-corrected chi connectivity index (χ3v) is 2.17. The van der Waals surface area contributed by atoms with E-state index in [-0.39, 0.29) is 18.1 Å². The molecular formula is C10H10BrFO2. The number of benzene rings is 1. The SMILES string of the molecule is CCC(=O)COc1ccc(Br)cc1F. The molecule has 0 atom stereocenters. The largest absolute Gasteiger partial charge is 0.483 e. The Morgan fingerprint density at radius 2 is 2.29 bits per heavy atom. The zero-order valence-electron chi connectivity index (χ0n) is 7.72. The molecule has 4 heteroatoms. The van der Waals surface area contributed by atoms with Crippen LogP contribution >= 0.6 is 15.9 Å². The third kappa shape index (κ3) is 3.10. The predicted molar refractivity (Wildman–Crippen MR) is 54.9 cm³/mol. The second kappa shape index (κ2) is 5.10. The van der Waals surface area contributed by atoms with Crippen LogP contribution in [0, 0.1) is 5.82 Å². The van der Waals surface area contributed by atoms with Gasteiger partial charge in [0.25, 0.3) is 0 Å². The van der Waals surface area contributed by atoms with Gasteiger partial charge in [-0.2, -0.15) is 0 Å². The maximum Gasteiger partial charge on any atom is 0.169 e. The molecule has 0 aliphatic rings. The van der Waals surface area contributed by atoms with Gasteiger partial charge in [0.1, 0.15) is 6.61 Å². The third-order valence-electron chi connectivity index (χ3n) is 1.68. The average Bonchev–Trinajstić information content (AvgIpc) is 2.16. The molecule has 1 aromatic rings. The van der Waals surface area contributed by atoms with Crippen molar-refractivity contribution in [3.63, 3.8) is 0 Å². The maximum atomic E-state index is 13.1. The average molecular weight is 261 g/mol. The van der Waals surface area contributed by atoms with Crippen LogP contribution in [0.25, 0.3) is 0 Å². The van der Waals surface area contributed by atoms with Gasteiger partial charge in [-0.3, -0.25) is 4.79 Å². The van der Waals surface area contributed by atoms with Crippen molar-refractivity contribution in [2.75, 3.05) is 6.61 Å². The molecule has 1 aromatic carbocycles. The number of carbonyl (C=O) groups is 1. The van der Waals surface area contributed by atoms with E-state index in [0.29, 0.717) is 10.9 Å². The number of Topliss-reactive ketones (excluding diaryl/α,β-unsaturated/α-hetero) is 1. The minimum absolute atomic E-state index is 0.0488. The van der Waals surface area contributed by atoms with Crippen LogP contribution in [-0.4, -0.2) is 12.4 Å². The van der Waals surface area contributed by atoms with E-state index in [2.05, 4.69) is 15.9 Å². The van der Waals surface area contributed by atoms with Crippen LogP contribution < -0.4 is 4.74 Å². The Kier molecular flexibility index (Phi) is 4.07. The molecule has 0 fully saturated rings. The summed E-state index contributed by atoms with van der Waals surface area (Å²) in [5.74, 6) is -0.411. The summed E-state index contributed by atoms with van der Waals surface area (Å²) in [5, 5.41) is 0. The summed E-state index contributed by atoms with van der Waals surface area (Å²) in [6, 6.07) is 4.45. The zero-order chi connectivity index (χ0) is 10.6. The summed E-state index contributed by atoms with van der Waals surface area (Å²) in [5.41, 5.74) is 0. The number of ketones is 1. The Balaban J connectivity index is 2.63. The van der Waals surface area contributed by atoms with Crippen molar-refractivity contribution in [2.24, 2.45) is 0 Å². The molecule has 0 saturated heterocycles. The minimum Gasteiger partial charge on any atom is -0.483 e. The van der Waals surface area contributed by atoms with E-state index in [0.717, 1.165) is 0 Å². The molecule has 0 unspecified atom stereocenters. The molecule has 0 N–H and O–H groups in total. The highest BCUT2D eigenvalue weighted by molar-refractivity contribution is 9.10. The van der Waals surface area contributed by atoms with Gasteiger partial charge in [0.2, 0.25) is 0 Å². The number of ether oxygens (including phenoxy) is 1. The van der Waals surface area contributed by atoms with Crippen LogP contribution in [0.2, 0.25) is 0 Å². The summed E-state index contributed by atoms with van der Waals surface area (Å²) in [4.78, 5) is 10.9. The lowest BCUT2D eigenvalue weighted by molar-refractivity contribution is -0.120. The number of carbonyl (C=O) groups excluding carboxylic acids is 1. The zero-order valence-corrected chi connectivity index (χ0v) is 9.30. The van der Waals surface area contributed by atoms with Crippen LogP contribution in [-0.2, 0) is 4.79 Å². The Morgan fingerprint density at radius 3 is 2.86 bits per heavy atom. The predicted octanol–water partition coefficient (Wildman–Crippen LogP) is 2.95. The summed E-state index contributed by atoms with van der Waals surface area (Å²) in [6.07, 6.45) is 0.401. The Labute approximate surface area is 90.2 Å². The lowest BCUT2D eigenvalue weighted by Crippen LogP contribution is -2.10. The van der Waals surface area contributed by atoms with Crippen molar-refractivity contribution < 1.29 is 13.9 Å². The van der Waals surface area contributed by atoms with E-state index >= 15 is 0 Å². The van der Waals surface area contributed by atoms with Gasteiger partial charge < -0.3 is 4.74 Å². The summed E-state index contributed by atoms with van der Waals surface area (Å²) in [7, 11) is 0. The first-order valence-corrected chi connectivity index (χ1v) is 5.02. The van der Waals surface area contributed by atoms with Crippen LogP contribution in [0.15, 0.2) is 22.7 Å². The molecule has 0 aromatic heterocycles. The lowest BCUT2D eigenvalue weighted by Gasteiger charge is -2.05. The van der Waals surface area contributed by atoms with Gasteiger partial charge in [-0.05, 0) is 18.2 Å². The first-order valence-electron chi connectivity index (χ1n) is 4.23. The van der Waals surface area contributed by atoms with Crippen molar-refractivity contribution in [3.8, 4) is 5.75 Å². The Bertz CT molecular complexity index is 339. The lowest BCUT2D eigenvalue weighted by atomic mass is 10.3. The highest BCUT2D eigenvalue weighted by atomic mass is 79.9. The van der Waals surface area contributed by atoms with E-state index in [1.54, 1.807) is 13.0 Å². The van der Waals surface area contributed by atoms with Gasteiger partial charge in [-0.1, -0.05) is 22.9 Å². The van der Waals surface area contributed by atoms with Crippen molar-refractivity contribution in [3.05, 3.63) is 28.5 Å². The molecule has 1 rings (SSSR count). The van der Waals surface area contributed by atoms with Crippen molar-refractivity contribution in [2.45, 2.75) is 13.3 Å². The Hall–Kier alpha value is -0.900. The van der Waals surface area contributed by atoms with E-state index < -0.39 is 5.82 Å². The highest BCUT2D eigenvalue weighted by Crippen LogP contribution is 2.21. The van der Waals surface area contributed by atoms with Crippen LogP contribution in [0.3, 0.4) is 0 Å². The highest BCUT2D eigenvalue weighted by Gasteiger charge is 2.05. The fourth-order valence-electron chi connectivity index (χ4n) is 0.853. The molecule has 0 bridgehead atoms. The Morgan fingerprint density at radius 1 is 1.57 bits per heavy atom. The number of hydrogen-bond acceptors (Lipinski definition) is 2. The van der Waals surface area contributed by atoms with Gasteiger partial charge in [0.15, 0.2) is 17.3 Å². The van der Waals surface area contributed by atoms with Crippen LogP contribution in [0.5, 0.6) is 5.75 Å². The van der Waals surface area contributed by atoms with E-state index in [1.807, 2.05) is 0 Å². The van der Waals surface area contributed by atoms with E-state index in [9.17, 15) is 9.18 Å². The minimum atomic E-state index is -0.469. The maximum absolute atomic E-state index is 13.1. The molecule has 2 nitrogen and oxygen atoms in total. The number of rotatable bonds is 4. The van der Waals surface area contributed by atoms with Crippen molar-refractivity contribution in [1.82, 2.24) is 0 Å². The first kappa shape index (κ1) is 11.2. The second-order valence-corrected chi connectivity index (χ2v) is 3.67. The van der Waals surface area contributed by atoms with Crippen LogP contribution in [0.4, 0.5) is 4.39 Å². The molecule has 0 heterocycles. The smallest absolute Gasteiger partial charge is 0.169 e. The molecule has 0 spiro atoms. The van der Waals surface area contributed by atoms with E-state index in [1.165, 1.54) is 12.1 Å². The summed E-state index contributed by atoms with van der Waals surface area (Å²) in [6.45, 7) is 1.67. The monoisotopic (exact) mass is 260 g/mol. The number of halogens is 2. The second-order valence-electron chi connectivity index (χ2n) is 2.76. The summed E-state index contributed by atoms with van der Waals surface area (Å²) < 4.78 is 18.8. The molecule has 0 aliphatic heterocycles. The van der Waals surface area contributed by atoms with Gasteiger partial charge in [0, 0.05) is 10.9 Å². The van der Waals surface area contributed by atoms with Gasteiger partial charge >= 0.3 is 0 Å². The number of hydrogen-bond donors (Lipinski definition) is 0. The van der Waals surface area contributed by atoms with Gasteiger partial charge in [-0.15, -0.1) is 0 Å². The molecule has 0 aliphatic carbocycles. The molecular weight excluding hydrogens is 251 g/mol. The molecule has 0 saturated carbocycles. The molecule has 0 amide bonds. The standard InChI is InChI=1S/C10H10BrFO2/c1-2-8(13)6-14-10-4-3-7(11)5-9(10)12/h3-5H,2,6H2,1H3. The first-order chi connectivity index (χ1) is 6.63. The summed E-state index contributed by atoms with van der Waals surface area (Å²) >= 11 is 3.13. The van der Waals surface area contributed by atoms with Crippen LogP contribution in [0.1, 0.15) is 13.3 Å². The molecule has 14 heavy (non-hydrogen) atoms. The van der Waals surface area contributed by atoms with E-state index in [4.69, 9.17) is 4.74 Å². The van der Waals surface area contributed by atoms with Gasteiger partial charge in [0.05, 0.1) is 0 Å². The molecule has 0 radical (unpaired) electrons. The van der Waals surface area contributed by atoms with Gasteiger partial charge in [-0.25, -0.2) is 4.39 Å². The molecule has 76 valence electrons. The fraction of sp³-hybridized carbons (Fsp3) is 0.300.